The van der Waals surface area contributed by atoms with Crippen LogP contribution in [0, 0.1) is 0 Å². The third-order valence-electron chi connectivity index (χ3n) is 8.75. The summed E-state index contributed by atoms with van der Waals surface area (Å²) in [6.45, 7) is 0.336. The second kappa shape index (κ2) is 13.3. The topological polar surface area (TPSA) is 104 Å². The largest absolute Gasteiger partial charge is 0.326 e. The Morgan fingerprint density at radius 1 is 0.756 bits per heavy atom. The van der Waals surface area contributed by atoms with Crippen LogP contribution in [0.3, 0.4) is 0 Å². The first-order valence-electron chi connectivity index (χ1n) is 15.2. The van der Waals surface area contributed by atoms with Crippen molar-refractivity contribution >= 4 is 33.4 Å². The van der Waals surface area contributed by atoms with Crippen LogP contribution < -0.4 is 5.32 Å². The van der Waals surface area contributed by atoms with E-state index >= 15 is 0 Å². The van der Waals surface area contributed by atoms with Gasteiger partial charge in [0.1, 0.15) is 0 Å². The molecule has 0 bridgehead atoms. The number of nitrogens with one attached hydrogen (secondary N) is 1. The van der Waals surface area contributed by atoms with Crippen LogP contribution in [0.2, 0.25) is 0 Å². The fourth-order valence-corrected chi connectivity index (χ4v) is 8.52. The number of hydrogen-bond donors (Lipinski definition) is 1. The van der Waals surface area contributed by atoms with Crippen molar-refractivity contribution < 1.29 is 22.8 Å². The summed E-state index contributed by atoms with van der Waals surface area (Å²) in [6.07, 6.45) is 12.7. The third kappa shape index (κ3) is 6.72. The number of anilines is 1. The fraction of sp³-hybridized carbons (Fsp3) is 0.531. The lowest BCUT2D eigenvalue weighted by Gasteiger charge is -2.40. The number of unbranched alkanes of at least 4 members (excludes halogenated alkanes) is 2. The maximum Gasteiger partial charge on any atom is 0.261 e. The van der Waals surface area contributed by atoms with Crippen molar-refractivity contribution in [1.29, 1.82) is 0 Å². The molecule has 0 aromatic heterocycles. The van der Waals surface area contributed by atoms with Crippen molar-refractivity contribution in [2.45, 2.75) is 107 Å². The lowest BCUT2D eigenvalue weighted by Crippen LogP contribution is -2.48. The van der Waals surface area contributed by atoms with E-state index in [0.717, 1.165) is 51.4 Å². The minimum absolute atomic E-state index is 0.0771. The molecule has 2 aliphatic carbocycles. The van der Waals surface area contributed by atoms with Crippen molar-refractivity contribution in [3.05, 3.63) is 59.7 Å². The Balaban J connectivity index is 1.11. The van der Waals surface area contributed by atoms with Crippen LogP contribution in [0.25, 0.3) is 0 Å². The Morgan fingerprint density at radius 2 is 1.29 bits per heavy atom. The molecule has 0 unspecified atom stereocenters. The molecule has 0 saturated heterocycles. The number of benzene rings is 2. The van der Waals surface area contributed by atoms with Crippen LogP contribution in [0.1, 0.15) is 111 Å². The summed E-state index contributed by atoms with van der Waals surface area (Å²) >= 11 is 0. The summed E-state index contributed by atoms with van der Waals surface area (Å²) in [6, 6.07) is 13.6. The summed E-state index contributed by atoms with van der Waals surface area (Å²) in [5.74, 6) is -0.656. The molecule has 2 saturated carbocycles. The van der Waals surface area contributed by atoms with E-state index in [2.05, 4.69) is 5.32 Å². The number of rotatable bonds is 11. The van der Waals surface area contributed by atoms with Gasteiger partial charge in [0, 0.05) is 30.7 Å². The molecule has 41 heavy (non-hydrogen) atoms. The molecule has 9 heteroatoms. The van der Waals surface area contributed by atoms with Gasteiger partial charge in [-0.25, -0.2) is 8.42 Å². The monoisotopic (exact) mass is 579 g/mol. The van der Waals surface area contributed by atoms with E-state index in [-0.39, 0.29) is 29.8 Å². The minimum atomic E-state index is -3.63. The number of carbonyl (C=O) groups excluding carboxylic acids is 3. The van der Waals surface area contributed by atoms with Gasteiger partial charge in [-0.3, -0.25) is 19.3 Å². The lowest BCUT2D eigenvalue weighted by molar-refractivity contribution is -0.116. The molecule has 0 radical (unpaired) electrons. The number of hydrogen-bond acceptors (Lipinski definition) is 5. The molecule has 3 aliphatic rings. The zero-order valence-corrected chi connectivity index (χ0v) is 24.5. The van der Waals surface area contributed by atoms with Gasteiger partial charge in [-0.05, 0) is 74.9 Å². The molecule has 8 nitrogen and oxygen atoms in total. The zero-order valence-electron chi connectivity index (χ0n) is 23.7. The molecule has 220 valence electrons. The van der Waals surface area contributed by atoms with Gasteiger partial charge in [0.25, 0.3) is 11.8 Å². The van der Waals surface area contributed by atoms with Gasteiger partial charge in [0.05, 0.1) is 16.0 Å². The second-order valence-corrected chi connectivity index (χ2v) is 13.5. The third-order valence-corrected chi connectivity index (χ3v) is 10.8. The van der Waals surface area contributed by atoms with Crippen LogP contribution in [0.5, 0.6) is 0 Å². The average Bonchev–Trinajstić information content (AvgIpc) is 3.23. The van der Waals surface area contributed by atoms with Crippen LogP contribution >= 0.6 is 0 Å². The number of sulfonamides is 1. The fourth-order valence-electron chi connectivity index (χ4n) is 6.59. The van der Waals surface area contributed by atoms with Gasteiger partial charge >= 0.3 is 0 Å². The van der Waals surface area contributed by atoms with Gasteiger partial charge in [0.2, 0.25) is 15.9 Å². The van der Waals surface area contributed by atoms with Crippen molar-refractivity contribution in [1.82, 2.24) is 9.21 Å². The first kappa shape index (κ1) is 29.5. The molecule has 0 spiro atoms. The van der Waals surface area contributed by atoms with E-state index in [0.29, 0.717) is 53.9 Å². The number of amides is 3. The first-order valence-corrected chi connectivity index (χ1v) is 16.7. The van der Waals surface area contributed by atoms with Crippen molar-refractivity contribution in [3.63, 3.8) is 0 Å². The van der Waals surface area contributed by atoms with E-state index in [4.69, 9.17) is 0 Å². The molecule has 3 amide bonds. The highest BCUT2D eigenvalue weighted by atomic mass is 32.2. The Bertz CT molecular complexity index is 1290. The van der Waals surface area contributed by atoms with E-state index in [1.54, 1.807) is 48.5 Å². The highest BCUT2D eigenvalue weighted by Gasteiger charge is 2.38. The number of carbonyl (C=O) groups is 3. The van der Waals surface area contributed by atoms with E-state index in [1.165, 1.54) is 17.7 Å². The molecular formula is C32H41N3O5S. The molecule has 1 aliphatic heterocycles. The minimum Gasteiger partial charge on any atom is -0.326 e. The van der Waals surface area contributed by atoms with E-state index < -0.39 is 10.0 Å². The van der Waals surface area contributed by atoms with Crippen molar-refractivity contribution in [3.8, 4) is 0 Å². The number of fused-ring (bicyclic) bond motifs is 1. The molecular weight excluding hydrogens is 538 g/mol. The molecule has 1 N–H and O–H groups in total. The van der Waals surface area contributed by atoms with Gasteiger partial charge in [-0.1, -0.05) is 57.1 Å². The van der Waals surface area contributed by atoms with Gasteiger partial charge in [-0.2, -0.15) is 4.31 Å². The molecule has 2 aromatic rings. The SMILES string of the molecule is O=C(CCCCCN1C(=O)c2ccccc2C1=O)Nc1ccc(S(=O)(=O)N(C2CCCCC2)C2CCCCC2)cc1. The van der Waals surface area contributed by atoms with Gasteiger partial charge < -0.3 is 5.32 Å². The van der Waals surface area contributed by atoms with Crippen molar-refractivity contribution in [2.75, 3.05) is 11.9 Å². The Hall–Kier alpha value is -3.04. The maximum absolute atomic E-state index is 13.9. The van der Waals surface area contributed by atoms with Crippen LogP contribution in [0.4, 0.5) is 5.69 Å². The normalized spacial score (nSPS) is 18.6. The lowest BCUT2D eigenvalue weighted by atomic mass is 9.91. The van der Waals surface area contributed by atoms with Gasteiger partial charge in [0.15, 0.2) is 0 Å². The summed E-state index contributed by atoms with van der Waals surface area (Å²) < 4.78 is 29.6. The molecule has 1 heterocycles. The van der Waals surface area contributed by atoms with Crippen molar-refractivity contribution in [2.24, 2.45) is 0 Å². The maximum atomic E-state index is 13.9. The highest BCUT2D eigenvalue weighted by molar-refractivity contribution is 7.89. The smallest absolute Gasteiger partial charge is 0.261 e. The predicted octanol–water partition coefficient (Wildman–Crippen LogP) is 6.14. The molecule has 2 aromatic carbocycles. The Labute approximate surface area is 243 Å². The second-order valence-electron chi connectivity index (χ2n) is 11.6. The summed E-state index contributed by atoms with van der Waals surface area (Å²) in [7, 11) is -3.63. The Morgan fingerprint density at radius 3 is 1.83 bits per heavy atom. The van der Waals surface area contributed by atoms with Crippen LogP contribution in [0.15, 0.2) is 53.4 Å². The highest BCUT2D eigenvalue weighted by Crippen LogP contribution is 2.35. The predicted molar refractivity (Wildman–Crippen MR) is 158 cm³/mol. The van der Waals surface area contributed by atoms with Crippen LogP contribution in [-0.2, 0) is 14.8 Å². The van der Waals surface area contributed by atoms with E-state index in [9.17, 15) is 22.8 Å². The summed E-state index contributed by atoms with van der Waals surface area (Å²) in [5, 5.41) is 2.87. The number of imide groups is 1. The summed E-state index contributed by atoms with van der Waals surface area (Å²) in [4.78, 5) is 39.0. The molecule has 0 atom stereocenters. The first-order chi connectivity index (χ1) is 19.9. The quantitative estimate of drug-likeness (QED) is 0.255. The van der Waals surface area contributed by atoms with Crippen LogP contribution in [-0.4, -0.2) is 54.0 Å². The molecule has 2 fully saturated rings. The summed E-state index contributed by atoms with van der Waals surface area (Å²) in [5.41, 5.74) is 1.47. The zero-order chi connectivity index (χ0) is 28.8. The number of nitrogens with zero attached hydrogens (tertiary/aromatic N) is 2. The molecule has 5 rings (SSSR count). The van der Waals surface area contributed by atoms with Gasteiger partial charge in [-0.15, -0.1) is 0 Å². The Kier molecular flexibility index (Phi) is 9.55. The average molecular weight is 580 g/mol. The standard InChI is InChI=1S/C32H41N3O5S/c36-30(18-8-3-11-23-34-31(37)28-16-9-10-17-29(28)32(34)38)33-24-19-21-27(22-20-24)41(39,40)35(25-12-4-1-5-13-25)26-14-6-2-7-15-26/h9-10,16-17,19-22,25-26H,1-8,11-15,18,23H2,(H,33,36). The van der Waals surface area contributed by atoms with E-state index in [1.807, 2.05) is 4.31 Å².